The Balaban J connectivity index is 2.09. The summed E-state index contributed by atoms with van der Waals surface area (Å²) in [6.45, 7) is 5.19. The molecule has 14 heavy (non-hydrogen) atoms. The molecule has 1 aromatic rings. The van der Waals surface area contributed by atoms with Gasteiger partial charge in [-0.3, -0.25) is 5.01 Å². The van der Waals surface area contributed by atoms with E-state index in [2.05, 4.69) is 27.7 Å². The Kier molecular flexibility index (Phi) is 2.98. The van der Waals surface area contributed by atoms with E-state index in [9.17, 15) is 0 Å². The van der Waals surface area contributed by atoms with Gasteiger partial charge in [-0.2, -0.15) is 0 Å². The second-order valence-electron chi connectivity index (χ2n) is 3.58. The van der Waals surface area contributed by atoms with Crippen LogP contribution in [0.25, 0.3) is 0 Å². The molecule has 0 bridgehead atoms. The monoisotopic (exact) mass is 195 g/mol. The van der Waals surface area contributed by atoms with Crippen molar-refractivity contribution in [1.29, 1.82) is 0 Å². The first-order valence-corrected chi connectivity index (χ1v) is 5.31. The first-order valence-electron chi connectivity index (χ1n) is 5.31. The molecule has 0 radical (unpaired) electrons. The molecule has 2 heterocycles. The number of hydrazine groups is 1. The molecule has 1 fully saturated rings. The number of nitrogens with zero attached hydrogens (tertiary/aromatic N) is 4. The van der Waals surface area contributed by atoms with Gasteiger partial charge in [-0.15, -0.1) is 5.10 Å². The van der Waals surface area contributed by atoms with Gasteiger partial charge in [0.1, 0.15) is 0 Å². The maximum atomic E-state index is 4.07. The van der Waals surface area contributed by atoms with Crippen molar-refractivity contribution in [2.75, 3.05) is 18.1 Å². The molecule has 1 aromatic heterocycles. The lowest BCUT2D eigenvalue weighted by atomic mass is 10.3. The normalized spacial score (nSPS) is 17.4. The second kappa shape index (κ2) is 4.41. The van der Waals surface area contributed by atoms with Crippen LogP contribution in [0.3, 0.4) is 0 Å². The van der Waals surface area contributed by atoms with Crippen LogP contribution in [0.2, 0.25) is 0 Å². The highest BCUT2D eigenvalue weighted by atomic mass is 15.6. The highest BCUT2D eigenvalue weighted by Gasteiger charge is 2.14. The third-order valence-corrected chi connectivity index (χ3v) is 2.42. The number of aromatic nitrogens is 3. The zero-order chi connectivity index (χ0) is 9.80. The van der Waals surface area contributed by atoms with Crippen molar-refractivity contribution in [1.82, 2.24) is 20.4 Å². The van der Waals surface area contributed by atoms with Crippen molar-refractivity contribution in [2.24, 2.45) is 0 Å². The summed E-state index contributed by atoms with van der Waals surface area (Å²) in [6, 6.07) is 0. The van der Waals surface area contributed by atoms with Gasteiger partial charge in [0, 0.05) is 19.6 Å². The number of rotatable bonds is 3. The van der Waals surface area contributed by atoms with Crippen molar-refractivity contribution < 1.29 is 0 Å². The minimum Gasteiger partial charge on any atom is -0.291 e. The van der Waals surface area contributed by atoms with Gasteiger partial charge in [0.2, 0.25) is 0 Å². The van der Waals surface area contributed by atoms with Crippen LogP contribution in [0.5, 0.6) is 0 Å². The summed E-state index contributed by atoms with van der Waals surface area (Å²) in [5.41, 5.74) is 3.35. The van der Waals surface area contributed by atoms with Gasteiger partial charge < -0.3 is 0 Å². The maximum Gasteiger partial charge on any atom is 0.161 e. The van der Waals surface area contributed by atoms with E-state index >= 15 is 0 Å². The van der Waals surface area contributed by atoms with Crippen molar-refractivity contribution in [2.45, 2.75) is 32.7 Å². The van der Waals surface area contributed by atoms with Crippen LogP contribution in [-0.4, -0.2) is 28.1 Å². The van der Waals surface area contributed by atoms with E-state index in [1.165, 1.54) is 12.8 Å². The van der Waals surface area contributed by atoms with E-state index < -0.39 is 0 Å². The largest absolute Gasteiger partial charge is 0.291 e. The fourth-order valence-corrected chi connectivity index (χ4v) is 1.72. The molecule has 1 aliphatic heterocycles. The van der Waals surface area contributed by atoms with Gasteiger partial charge in [-0.05, 0) is 19.3 Å². The first-order chi connectivity index (χ1) is 6.92. The lowest BCUT2D eigenvalue weighted by Gasteiger charge is -2.28. The SMILES string of the molecule is CCCn1nncc1N1CCCCN1. The molecule has 78 valence electrons. The van der Waals surface area contributed by atoms with E-state index in [0.29, 0.717) is 0 Å². The van der Waals surface area contributed by atoms with E-state index in [1.54, 1.807) is 0 Å². The predicted molar refractivity (Wildman–Crippen MR) is 54.9 cm³/mol. The van der Waals surface area contributed by atoms with Gasteiger partial charge in [0.05, 0.1) is 6.20 Å². The van der Waals surface area contributed by atoms with Crippen LogP contribution in [0.1, 0.15) is 26.2 Å². The van der Waals surface area contributed by atoms with Crippen LogP contribution < -0.4 is 10.4 Å². The minimum absolute atomic E-state index is 0.938. The van der Waals surface area contributed by atoms with Gasteiger partial charge >= 0.3 is 0 Å². The van der Waals surface area contributed by atoms with Gasteiger partial charge in [-0.1, -0.05) is 12.1 Å². The van der Waals surface area contributed by atoms with Gasteiger partial charge in [0.15, 0.2) is 5.82 Å². The standard InChI is InChI=1S/C9H17N5/c1-2-6-14-9(8-10-12-14)13-7-4-3-5-11-13/h8,11H,2-7H2,1H3. The molecule has 0 aliphatic carbocycles. The summed E-state index contributed by atoms with van der Waals surface area (Å²) in [7, 11) is 0. The van der Waals surface area contributed by atoms with Crippen LogP contribution >= 0.6 is 0 Å². The third kappa shape index (κ3) is 1.87. The topological polar surface area (TPSA) is 46.0 Å². The van der Waals surface area contributed by atoms with E-state index in [0.717, 1.165) is 31.9 Å². The fourth-order valence-electron chi connectivity index (χ4n) is 1.72. The Morgan fingerprint density at radius 3 is 3.14 bits per heavy atom. The van der Waals surface area contributed by atoms with E-state index in [4.69, 9.17) is 0 Å². The zero-order valence-corrected chi connectivity index (χ0v) is 8.61. The van der Waals surface area contributed by atoms with Crippen LogP contribution in [0.15, 0.2) is 6.20 Å². The molecule has 5 nitrogen and oxygen atoms in total. The first kappa shape index (κ1) is 9.45. The summed E-state index contributed by atoms with van der Waals surface area (Å²) in [6.07, 6.45) is 5.41. The maximum absolute atomic E-state index is 4.07. The van der Waals surface area contributed by atoms with Gasteiger partial charge in [-0.25, -0.2) is 10.1 Å². The van der Waals surface area contributed by atoms with Crippen molar-refractivity contribution in [3.8, 4) is 0 Å². The third-order valence-electron chi connectivity index (χ3n) is 2.42. The number of anilines is 1. The minimum atomic E-state index is 0.938. The van der Waals surface area contributed by atoms with E-state index in [-0.39, 0.29) is 0 Å². The molecule has 0 unspecified atom stereocenters. The van der Waals surface area contributed by atoms with Crippen LogP contribution in [0.4, 0.5) is 5.82 Å². The Morgan fingerprint density at radius 1 is 1.50 bits per heavy atom. The molecular formula is C9H17N5. The quantitative estimate of drug-likeness (QED) is 0.774. The smallest absolute Gasteiger partial charge is 0.161 e. The summed E-state index contributed by atoms with van der Waals surface area (Å²) in [4.78, 5) is 0. The molecule has 0 aromatic carbocycles. The molecule has 0 amide bonds. The summed E-state index contributed by atoms with van der Waals surface area (Å²) >= 11 is 0. The second-order valence-corrected chi connectivity index (χ2v) is 3.58. The molecule has 5 heteroatoms. The molecule has 2 rings (SSSR count). The Hall–Kier alpha value is -1.10. The van der Waals surface area contributed by atoms with Crippen LogP contribution in [-0.2, 0) is 6.54 Å². The van der Waals surface area contributed by atoms with Crippen molar-refractivity contribution >= 4 is 5.82 Å². The number of hydrogen-bond acceptors (Lipinski definition) is 4. The highest BCUT2D eigenvalue weighted by Crippen LogP contribution is 2.13. The van der Waals surface area contributed by atoms with Crippen molar-refractivity contribution in [3.63, 3.8) is 0 Å². The Bertz CT molecular complexity index is 276. The Labute approximate surface area is 84.1 Å². The van der Waals surface area contributed by atoms with Gasteiger partial charge in [0.25, 0.3) is 0 Å². The highest BCUT2D eigenvalue weighted by molar-refractivity contribution is 5.34. The molecule has 0 atom stereocenters. The average Bonchev–Trinajstić information content (AvgIpc) is 2.68. The summed E-state index contributed by atoms with van der Waals surface area (Å²) in [5, 5.41) is 10.2. The number of hydrogen-bond donors (Lipinski definition) is 1. The summed E-state index contributed by atoms with van der Waals surface area (Å²) in [5.74, 6) is 1.09. The van der Waals surface area contributed by atoms with Crippen LogP contribution in [0, 0.1) is 0 Å². The molecule has 0 saturated carbocycles. The molecular weight excluding hydrogens is 178 g/mol. The predicted octanol–water partition coefficient (Wildman–Crippen LogP) is 0.793. The molecule has 1 saturated heterocycles. The molecule has 0 spiro atoms. The lowest BCUT2D eigenvalue weighted by molar-refractivity contribution is 0.483. The number of aryl methyl sites for hydroxylation is 1. The lowest BCUT2D eigenvalue weighted by Crippen LogP contribution is -2.44. The molecule has 1 aliphatic rings. The van der Waals surface area contributed by atoms with E-state index in [1.807, 2.05) is 10.9 Å². The Morgan fingerprint density at radius 2 is 2.43 bits per heavy atom. The average molecular weight is 195 g/mol. The number of nitrogens with one attached hydrogen (secondary N) is 1. The molecule has 1 N–H and O–H groups in total. The fraction of sp³-hybridized carbons (Fsp3) is 0.778. The zero-order valence-electron chi connectivity index (χ0n) is 8.61. The summed E-state index contributed by atoms with van der Waals surface area (Å²) < 4.78 is 1.96. The van der Waals surface area contributed by atoms with Crippen molar-refractivity contribution in [3.05, 3.63) is 6.20 Å².